The fourth-order valence-electron chi connectivity index (χ4n) is 1.98. The molecule has 0 spiro atoms. The lowest BCUT2D eigenvalue weighted by atomic mass is 10.1. The SMILES string of the molecule is CCCn1ncc(Br)c1C(NN)c1cc(OC)ncn1. The summed E-state index contributed by atoms with van der Waals surface area (Å²) in [6, 6.07) is 1.45. The van der Waals surface area contributed by atoms with Crippen molar-refractivity contribution in [3.05, 3.63) is 34.5 Å². The molecular formula is C12H17BrN6O. The molecule has 3 N–H and O–H groups in total. The molecule has 2 rings (SSSR count). The number of rotatable bonds is 6. The summed E-state index contributed by atoms with van der Waals surface area (Å²) in [5.41, 5.74) is 4.42. The van der Waals surface area contributed by atoms with E-state index in [0.717, 1.165) is 28.8 Å². The Labute approximate surface area is 125 Å². The van der Waals surface area contributed by atoms with E-state index in [4.69, 9.17) is 10.6 Å². The Morgan fingerprint density at radius 3 is 2.95 bits per heavy atom. The molecule has 0 aliphatic heterocycles. The molecule has 2 aromatic rings. The molecule has 0 aliphatic rings. The van der Waals surface area contributed by atoms with Crippen LogP contribution >= 0.6 is 15.9 Å². The summed E-state index contributed by atoms with van der Waals surface area (Å²) in [7, 11) is 1.56. The van der Waals surface area contributed by atoms with Crippen molar-refractivity contribution in [1.82, 2.24) is 25.2 Å². The Kier molecular flexibility index (Phi) is 5.05. The third-order valence-corrected chi connectivity index (χ3v) is 3.49. The molecule has 0 aromatic carbocycles. The van der Waals surface area contributed by atoms with Gasteiger partial charge in [0.05, 0.1) is 29.2 Å². The van der Waals surface area contributed by atoms with E-state index in [1.54, 1.807) is 19.4 Å². The smallest absolute Gasteiger partial charge is 0.216 e. The van der Waals surface area contributed by atoms with Crippen LogP contribution in [-0.4, -0.2) is 26.9 Å². The fraction of sp³-hybridized carbons (Fsp3) is 0.417. The maximum absolute atomic E-state index is 5.71. The molecule has 1 atom stereocenters. The average molecular weight is 341 g/mol. The van der Waals surface area contributed by atoms with Crippen molar-refractivity contribution < 1.29 is 4.74 Å². The maximum atomic E-state index is 5.71. The number of hydrazine groups is 1. The summed E-state index contributed by atoms with van der Waals surface area (Å²) >= 11 is 3.51. The molecule has 0 fully saturated rings. The monoisotopic (exact) mass is 340 g/mol. The molecule has 2 aromatic heterocycles. The maximum Gasteiger partial charge on any atom is 0.216 e. The van der Waals surface area contributed by atoms with Gasteiger partial charge in [-0.25, -0.2) is 15.4 Å². The highest BCUT2D eigenvalue weighted by Crippen LogP contribution is 2.28. The van der Waals surface area contributed by atoms with E-state index in [1.165, 1.54) is 6.33 Å². The number of aryl methyl sites for hydroxylation is 1. The van der Waals surface area contributed by atoms with Gasteiger partial charge in [-0.05, 0) is 22.4 Å². The van der Waals surface area contributed by atoms with Crippen molar-refractivity contribution in [3.63, 3.8) is 0 Å². The highest BCUT2D eigenvalue weighted by Gasteiger charge is 2.22. The number of nitrogens with zero attached hydrogens (tertiary/aromatic N) is 4. The Balaban J connectivity index is 2.43. The summed E-state index contributed by atoms with van der Waals surface area (Å²) in [5, 5.41) is 4.34. The number of aromatic nitrogens is 4. The van der Waals surface area contributed by atoms with E-state index < -0.39 is 0 Å². The van der Waals surface area contributed by atoms with Gasteiger partial charge >= 0.3 is 0 Å². The molecule has 8 heteroatoms. The van der Waals surface area contributed by atoms with Crippen LogP contribution in [0.4, 0.5) is 0 Å². The molecule has 0 saturated carbocycles. The highest BCUT2D eigenvalue weighted by atomic mass is 79.9. The number of ether oxygens (including phenoxy) is 1. The van der Waals surface area contributed by atoms with Crippen molar-refractivity contribution in [2.75, 3.05) is 7.11 Å². The molecule has 108 valence electrons. The zero-order valence-electron chi connectivity index (χ0n) is 11.4. The summed E-state index contributed by atoms with van der Waals surface area (Å²) in [4.78, 5) is 8.26. The standard InChI is InChI=1S/C12H17BrN6O/c1-3-4-19-12(8(13)6-17-19)11(18-14)9-5-10(20-2)16-7-15-9/h5-7,11,18H,3-4,14H2,1-2H3. The first-order valence-electron chi connectivity index (χ1n) is 6.24. The average Bonchev–Trinajstić information content (AvgIpc) is 2.82. The molecular weight excluding hydrogens is 324 g/mol. The van der Waals surface area contributed by atoms with Crippen molar-refractivity contribution >= 4 is 15.9 Å². The van der Waals surface area contributed by atoms with Crippen LogP contribution in [-0.2, 0) is 6.54 Å². The number of nitrogens with two attached hydrogens (primary N) is 1. The quantitative estimate of drug-likeness (QED) is 0.610. The largest absolute Gasteiger partial charge is 0.481 e. The number of nitrogens with one attached hydrogen (secondary N) is 1. The first-order valence-corrected chi connectivity index (χ1v) is 7.03. The Morgan fingerprint density at radius 2 is 2.30 bits per heavy atom. The molecule has 0 saturated heterocycles. The van der Waals surface area contributed by atoms with Gasteiger partial charge in [0.25, 0.3) is 0 Å². The molecule has 7 nitrogen and oxygen atoms in total. The van der Waals surface area contributed by atoms with E-state index in [0.29, 0.717) is 5.88 Å². The van der Waals surface area contributed by atoms with Crippen molar-refractivity contribution in [3.8, 4) is 5.88 Å². The summed E-state index contributed by atoms with van der Waals surface area (Å²) < 4.78 is 7.91. The van der Waals surface area contributed by atoms with Crippen LogP contribution in [0.15, 0.2) is 23.1 Å². The second-order valence-corrected chi connectivity index (χ2v) is 5.04. The van der Waals surface area contributed by atoms with Gasteiger partial charge in [-0.2, -0.15) is 5.10 Å². The van der Waals surface area contributed by atoms with Crippen LogP contribution in [0.1, 0.15) is 30.8 Å². The van der Waals surface area contributed by atoms with Gasteiger partial charge in [0.1, 0.15) is 12.4 Å². The third-order valence-electron chi connectivity index (χ3n) is 2.88. The van der Waals surface area contributed by atoms with Gasteiger partial charge in [0.2, 0.25) is 5.88 Å². The lowest BCUT2D eigenvalue weighted by Gasteiger charge is -2.18. The minimum atomic E-state index is -0.296. The van der Waals surface area contributed by atoms with E-state index >= 15 is 0 Å². The van der Waals surface area contributed by atoms with Gasteiger partial charge in [-0.15, -0.1) is 0 Å². The second kappa shape index (κ2) is 6.78. The van der Waals surface area contributed by atoms with Gasteiger partial charge in [-0.3, -0.25) is 10.5 Å². The van der Waals surface area contributed by atoms with Crippen LogP contribution in [0.3, 0.4) is 0 Å². The van der Waals surface area contributed by atoms with Crippen molar-refractivity contribution in [2.45, 2.75) is 25.9 Å². The van der Waals surface area contributed by atoms with Crippen LogP contribution in [0.25, 0.3) is 0 Å². The third kappa shape index (κ3) is 2.97. The van der Waals surface area contributed by atoms with E-state index in [2.05, 4.69) is 43.3 Å². The first kappa shape index (κ1) is 14.9. The normalized spacial score (nSPS) is 12.4. The Hall–Kier alpha value is -1.51. The van der Waals surface area contributed by atoms with Crippen LogP contribution in [0, 0.1) is 0 Å². The minimum Gasteiger partial charge on any atom is -0.481 e. The summed E-state index contributed by atoms with van der Waals surface area (Å²) in [6.45, 7) is 2.90. The molecule has 0 radical (unpaired) electrons. The number of methoxy groups -OCH3 is 1. The first-order chi connectivity index (χ1) is 9.71. The second-order valence-electron chi connectivity index (χ2n) is 4.19. The summed E-state index contributed by atoms with van der Waals surface area (Å²) in [6.07, 6.45) is 4.19. The van der Waals surface area contributed by atoms with Gasteiger partial charge in [0.15, 0.2) is 0 Å². The number of hydrogen-bond acceptors (Lipinski definition) is 6. The van der Waals surface area contributed by atoms with E-state index in [-0.39, 0.29) is 6.04 Å². The molecule has 20 heavy (non-hydrogen) atoms. The number of hydrogen-bond donors (Lipinski definition) is 2. The predicted molar refractivity (Wildman–Crippen MR) is 78.0 cm³/mol. The lowest BCUT2D eigenvalue weighted by Crippen LogP contribution is -2.31. The Bertz CT molecular complexity index is 573. The van der Waals surface area contributed by atoms with Gasteiger partial charge in [-0.1, -0.05) is 6.92 Å². The Morgan fingerprint density at radius 1 is 1.50 bits per heavy atom. The zero-order valence-corrected chi connectivity index (χ0v) is 13.0. The van der Waals surface area contributed by atoms with Crippen LogP contribution in [0.2, 0.25) is 0 Å². The minimum absolute atomic E-state index is 0.296. The lowest BCUT2D eigenvalue weighted by molar-refractivity contribution is 0.394. The van der Waals surface area contributed by atoms with Gasteiger partial charge < -0.3 is 4.74 Å². The summed E-state index contributed by atoms with van der Waals surface area (Å²) in [5.74, 6) is 6.20. The molecule has 0 bridgehead atoms. The van der Waals surface area contributed by atoms with Crippen molar-refractivity contribution in [1.29, 1.82) is 0 Å². The van der Waals surface area contributed by atoms with Crippen molar-refractivity contribution in [2.24, 2.45) is 5.84 Å². The fourth-order valence-corrected chi connectivity index (χ4v) is 2.50. The van der Waals surface area contributed by atoms with Gasteiger partial charge in [0, 0.05) is 12.6 Å². The molecule has 0 aliphatic carbocycles. The molecule has 2 heterocycles. The molecule has 0 amide bonds. The molecule has 1 unspecified atom stereocenters. The van der Waals surface area contributed by atoms with Crippen LogP contribution in [0.5, 0.6) is 5.88 Å². The van der Waals surface area contributed by atoms with Crippen LogP contribution < -0.4 is 16.0 Å². The highest BCUT2D eigenvalue weighted by molar-refractivity contribution is 9.10. The van der Waals surface area contributed by atoms with E-state index in [1.807, 2.05) is 4.68 Å². The zero-order chi connectivity index (χ0) is 14.5. The number of halogens is 1. The topological polar surface area (TPSA) is 90.9 Å². The predicted octanol–water partition coefficient (Wildman–Crippen LogP) is 1.41. The van der Waals surface area contributed by atoms with E-state index in [9.17, 15) is 0 Å².